The summed E-state index contributed by atoms with van der Waals surface area (Å²) in [6, 6.07) is 12.6. The molecule has 0 unspecified atom stereocenters. The maximum atomic E-state index is 13.4. The van der Waals surface area contributed by atoms with Crippen LogP contribution < -0.4 is 10.1 Å². The van der Waals surface area contributed by atoms with Gasteiger partial charge in [-0.3, -0.25) is 4.79 Å². The van der Waals surface area contributed by atoms with E-state index < -0.39 is 0 Å². The Bertz CT molecular complexity index is 655. The normalized spacial score (nSPS) is 10.3. The Morgan fingerprint density at radius 3 is 2.73 bits per heavy atom. The van der Waals surface area contributed by atoms with Gasteiger partial charge in [-0.25, -0.2) is 4.39 Å². The van der Waals surface area contributed by atoms with Gasteiger partial charge in [0.25, 0.3) is 0 Å². The molecule has 1 N–H and O–H groups in total. The smallest absolute Gasteiger partial charge is 0.220 e. The van der Waals surface area contributed by atoms with Gasteiger partial charge in [0.05, 0.1) is 7.11 Å². The van der Waals surface area contributed by atoms with Crippen molar-refractivity contribution in [2.45, 2.75) is 26.3 Å². The van der Waals surface area contributed by atoms with Crippen molar-refractivity contribution < 1.29 is 13.9 Å². The van der Waals surface area contributed by atoms with Crippen molar-refractivity contribution in [3.05, 3.63) is 65.0 Å². The van der Waals surface area contributed by atoms with Crippen LogP contribution in [0.4, 0.5) is 4.39 Å². The number of carbonyl (C=O) groups excluding carboxylic acids is 1. The highest BCUT2D eigenvalue weighted by Gasteiger charge is 2.05. The molecule has 0 atom stereocenters. The van der Waals surface area contributed by atoms with Gasteiger partial charge in [0.1, 0.15) is 11.6 Å². The summed E-state index contributed by atoms with van der Waals surface area (Å²) in [4.78, 5) is 11.9. The van der Waals surface area contributed by atoms with Gasteiger partial charge in [-0.05, 0) is 48.2 Å². The van der Waals surface area contributed by atoms with E-state index in [-0.39, 0.29) is 11.7 Å². The third-order valence-electron chi connectivity index (χ3n) is 3.50. The topological polar surface area (TPSA) is 38.3 Å². The van der Waals surface area contributed by atoms with E-state index in [1.807, 2.05) is 30.3 Å². The van der Waals surface area contributed by atoms with Gasteiger partial charge in [0.2, 0.25) is 5.91 Å². The molecule has 0 fully saturated rings. The fraction of sp³-hybridized carbons (Fsp3) is 0.278. The van der Waals surface area contributed by atoms with Crippen molar-refractivity contribution in [1.29, 1.82) is 0 Å². The molecule has 116 valence electrons. The van der Waals surface area contributed by atoms with Crippen LogP contribution in [-0.2, 0) is 17.8 Å². The van der Waals surface area contributed by atoms with Crippen LogP contribution in [0.3, 0.4) is 0 Å². The van der Waals surface area contributed by atoms with Gasteiger partial charge >= 0.3 is 0 Å². The van der Waals surface area contributed by atoms with Gasteiger partial charge < -0.3 is 10.1 Å². The Balaban J connectivity index is 1.81. The van der Waals surface area contributed by atoms with E-state index in [1.165, 1.54) is 6.07 Å². The summed E-state index contributed by atoms with van der Waals surface area (Å²) in [7, 11) is 1.62. The van der Waals surface area contributed by atoms with Crippen molar-refractivity contribution in [3.8, 4) is 5.75 Å². The number of benzene rings is 2. The molecule has 1 amide bonds. The molecule has 0 bridgehead atoms. The minimum Gasteiger partial charge on any atom is -0.497 e. The number of ether oxygens (including phenoxy) is 1. The molecule has 0 aromatic heterocycles. The zero-order chi connectivity index (χ0) is 15.9. The molecule has 0 spiro atoms. The van der Waals surface area contributed by atoms with Crippen molar-refractivity contribution in [2.75, 3.05) is 7.11 Å². The number of hydrogen-bond acceptors (Lipinski definition) is 2. The summed E-state index contributed by atoms with van der Waals surface area (Å²) in [5.41, 5.74) is 2.42. The Morgan fingerprint density at radius 2 is 2.00 bits per heavy atom. The molecule has 4 heteroatoms. The predicted molar refractivity (Wildman–Crippen MR) is 84.3 cm³/mol. The molecule has 0 saturated heterocycles. The lowest BCUT2D eigenvalue weighted by Gasteiger charge is -2.07. The molecule has 0 radical (unpaired) electrons. The van der Waals surface area contributed by atoms with Crippen LogP contribution in [0.25, 0.3) is 0 Å². The number of carbonyl (C=O) groups is 1. The lowest BCUT2D eigenvalue weighted by molar-refractivity contribution is -0.121. The quantitative estimate of drug-likeness (QED) is 0.888. The fourth-order valence-corrected chi connectivity index (χ4v) is 2.12. The van der Waals surface area contributed by atoms with Crippen LogP contribution in [0.15, 0.2) is 42.5 Å². The molecular weight excluding hydrogens is 281 g/mol. The van der Waals surface area contributed by atoms with E-state index in [2.05, 4.69) is 5.32 Å². The van der Waals surface area contributed by atoms with E-state index in [9.17, 15) is 9.18 Å². The Kier molecular flexibility index (Phi) is 5.53. The first-order chi connectivity index (χ1) is 10.6. The number of methoxy groups -OCH3 is 1. The standard InChI is InChI=1S/C18H20FNO2/c1-13-6-7-15(11-17(13)19)12-20-18(21)9-8-14-4-3-5-16(10-14)22-2/h3-7,10-11H,8-9,12H2,1-2H3,(H,20,21). The maximum Gasteiger partial charge on any atom is 0.220 e. The van der Waals surface area contributed by atoms with Crippen molar-refractivity contribution >= 4 is 5.91 Å². The number of nitrogens with one attached hydrogen (secondary N) is 1. The van der Waals surface area contributed by atoms with Crippen LogP contribution in [0.5, 0.6) is 5.75 Å². The Labute approximate surface area is 130 Å². The van der Waals surface area contributed by atoms with Crippen LogP contribution in [0.1, 0.15) is 23.1 Å². The summed E-state index contributed by atoms with van der Waals surface area (Å²) < 4.78 is 18.6. The number of amides is 1. The summed E-state index contributed by atoms with van der Waals surface area (Å²) >= 11 is 0. The second-order valence-corrected chi connectivity index (χ2v) is 5.21. The molecular formula is C18H20FNO2. The molecule has 0 heterocycles. The second-order valence-electron chi connectivity index (χ2n) is 5.21. The lowest BCUT2D eigenvalue weighted by Crippen LogP contribution is -2.23. The SMILES string of the molecule is COc1cccc(CCC(=O)NCc2ccc(C)c(F)c2)c1. The van der Waals surface area contributed by atoms with Gasteiger partial charge in [-0.2, -0.15) is 0 Å². The molecule has 0 aliphatic heterocycles. The summed E-state index contributed by atoms with van der Waals surface area (Å²) in [6.07, 6.45) is 1.03. The average molecular weight is 301 g/mol. The van der Waals surface area contributed by atoms with E-state index in [0.29, 0.717) is 24.9 Å². The van der Waals surface area contributed by atoms with E-state index in [4.69, 9.17) is 4.74 Å². The molecule has 22 heavy (non-hydrogen) atoms. The number of aryl methyl sites for hydroxylation is 2. The number of halogens is 1. The van der Waals surface area contributed by atoms with Gasteiger partial charge in [-0.15, -0.1) is 0 Å². The Hall–Kier alpha value is -2.36. The molecule has 0 aliphatic rings. The van der Waals surface area contributed by atoms with Crippen LogP contribution in [0.2, 0.25) is 0 Å². The average Bonchev–Trinajstić information content (AvgIpc) is 2.54. The summed E-state index contributed by atoms with van der Waals surface area (Å²) in [5, 5.41) is 2.81. The first kappa shape index (κ1) is 16.0. The monoisotopic (exact) mass is 301 g/mol. The molecule has 2 aromatic rings. The van der Waals surface area contributed by atoms with Crippen LogP contribution in [0, 0.1) is 12.7 Å². The van der Waals surface area contributed by atoms with Crippen molar-refractivity contribution in [2.24, 2.45) is 0 Å². The zero-order valence-corrected chi connectivity index (χ0v) is 12.9. The highest BCUT2D eigenvalue weighted by atomic mass is 19.1. The van der Waals surface area contributed by atoms with E-state index in [1.54, 1.807) is 20.1 Å². The van der Waals surface area contributed by atoms with Crippen molar-refractivity contribution in [1.82, 2.24) is 5.32 Å². The first-order valence-electron chi connectivity index (χ1n) is 7.23. The molecule has 3 nitrogen and oxygen atoms in total. The van der Waals surface area contributed by atoms with E-state index in [0.717, 1.165) is 16.9 Å². The highest BCUT2D eigenvalue weighted by Crippen LogP contribution is 2.14. The van der Waals surface area contributed by atoms with Crippen LogP contribution >= 0.6 is 0 Å². The summed E-state index contributed by atoms with van der Waals surface area (Å²) in [6.45, 7) is 2.06. The third-order valence-corrected chi connectivity index (χ3v) is 3.50. The first-order valence-corrected chi connectivity index (χ1v) is 7.23. The minimum absolute atomic E-state index is 0.0520. The van der Waals surface area contributed by atoms with Gasteiger partial charge in [0, 0.05) is 13.0 Å². The van der Waals surface area contributed by atoms with Gasteiger partial charge in [0.15, 0.2) is 0 Å². The third kappa shape index (κ3) is 4.58. The largest absolute Gasteiger partial charge is 0.497 e. The summed E-state index contributed by atoms with van der Waals surface area (Å²) in [5.74, 6) is 0.486. The molecule has 2 rings (SSSR count). The Morgan fingerprint density at radius 1 is 1.18 bits per heavy atom. The highest BCUT2D eigenvalue weighted by molar-refractivity contribution is 5.76. The molecule has 0 saturated carbocycles. The number of rotatable bonds is 6. The number of hydrogen-bond donors (Lipinski definition) is 1. The lowest BCUT2D eigenvalue weighted by atomic mass is 10.1. The van der Waals surface area contributed by atoms with Crippen LogP contribution in [-0.4, -0.2) is 13.0 Å². The second kappa shape index (κ2) is 7.59. The zero-order valence-electron chi connectivity index (χ0n) is 12.9. The van der Waals surface area contributed by atoms with E-state index >= 15 is 0 Å². The predicted octanol–water partition coefficient (Wildman–Crippen LogP) is 3.39. The fourth-order valence-electron chi connectivity index (χ4n) is 2.12. The van der Waals surface area contributed by atoms with Gasteiger partial charge in [-0.1, -0.05) is 24.3 Å². The maximum absolute atomic E-state index is 13.4. The molecule has 0 aliphatic carbocycles. The van der Waals surface area contributed by atoms with Crippen molar-refractivity contribution in [3.63, 3.8) is 0 Å². The minimum atomic E-state index is -0.247. The molecule has 2 aromatic carbocycles.